The number of amides is 1. The zero-order valence-corrected chi connectivity index (χ0v) is 10.1. The highest BCUT2D eigenvalue weighted by atomic mass is 16.6. The Morgan fingerprint density at radius 2 is 2.22 bits per heavy atom. The molecule has 1 atom stereocenters. The predicted octanol–water partition coefficient (Wildman–Crippen LogP) is 3.11. The molecule has 0 saturated carbocycles. The van der Waals surface area contributed by atoms with Gasteiger partial charge in [-0.1, -0.05) is 42.3 Å². The molecular weight excluding hydrogens is 226 g/mol. The summed E-state index contributed by atoms with van der Waals surface area (Å²) in [6.45, 7) is 3.99. The van der Waals surface area contributed by atoms with Crippen LogP contribution in [-0.4, -0.2) is 17.6 Å². The highest BCUT2D eigenvalue weighted by Gasteiger charge is 2.33. The number of allylic oxidation sites excluding steroid dienone is 1. The summed E-state index contributed by atoms with van der Waals surface area (Å²) in [5.41, 5.74) is 1.04. The molecule has 1 aromatic carbocycles. The van der Waals surface area contributed by atoms with Crippen molar-refractivity contribution in [3.05, 3.63) is 48.6 Å². The molecule has 0 bridgehead atoms. The van der Waals surface area contributed by atoms with E-state index in [1.165, 1.54) is 4.90 Å². The lowest BCUT2D eigenvalue weighted by Gasteiger charge is -2.14. The molecule has 18 heavy (non-hydrogen) atoms. The third-order valence-corrected chi connectivity index (χ3v) is 2.73. The maximum Gasteiger partial charge on any atom is 0.422 e. The first-order valence-electron chi connectivity index (χ1n) is 5.93. The summed E-state index contributed by atoms with van der Waals surface area (Å²) in [5.74, 6) is 2.96. The topological polar surface area (TPSA) is 29.5 Å². The molecule has 0 aliphatic carbocycles. The minimum atomic E-state index is -0.366. The Morgan fingerprint density at radius 1 is 1.44 bits per heavy atom. The first-order chi connectivity index (χ1) is 8.83. The molecule has 3 heteroatoms. The molecule has 1 aliphatic rings. The number of hydrogen-bond acceptors (Lipinski definition) is 2. The molecule has 2 rings (SSSR count). The Kier molecular flexibility index (Phi) is 4.03. The van der Waals surface area contributed by atoms with E-state index in [1.54, 1.807) is 0 Å². The number of ether oxygens (including phenoxy) is 1. The Labute approximate surface area is 107 Å². The fourth-order valence-electron chi connectivity index (χ4n) is 1.78. The number of carbonyl (C=O) groups is 1. The van der Waals surface area contributed by atoms with Gasteiger partial charge < -0.3 is 4.74 Å². The van der Waals surface area contributed by atoms with Crippen LogP contribution in [0.5, 0.6) is 0 Å². The summed E-state index contributed by atoms with van der Waals surface area (Å²) in [6.07, 6.45) is 2.97. The molecule has 92 valence electrons. The smallest absolute Gasteiger partial charge is 0.422 e. The Balaban J connectivity index is 2.12. The van der Waals surface area contributed by atoms with Crippen LogP contribution >= 0.6 is 0 Å². The largest absolute Gasteiger partial charge is 0.446 e. The van der Waals surface area contributed by atoms with E-state index in [1.807, 2.05) is 36.4 Å². The van der Waals surface area contributed by atoms with Crippen LogP contribution in [0.4, 0.5) is 4.79 Å². The monoisotopic (exact) mass is 241 g/mol. The minimum absolute atomic E-state index is 0.102. The van der Waals surface area contributed by atoms with Gasteiger partial charge in [0.2, 0.25) is 0 Å². The third-order valence-electron chi connectivity index (χ3n) is 2.73. The van der Waals surface area contributed by atoms with Crippen LogP contribution in [0.15, 0.2) is 43.0 Å². The molecule has 0 spiro atoms. The van der Waals surface area contributed by atoms with E-state index in [9.17, 15) is 4.79 Å². The number of unbranched alkanes of at least 4 members (excludes halogenated alkanes) is 1. The molecule has 0 radical (unpaired) electrons. The molecule has 1 fully saturated rings. The number of hydrogen-bond donors (Lipinski definition) is 0. The molecule has 1 aliphatic heterocycles. The Bertz CT molecular complexity index is 484. The van der Waals surface area contributed by atoms with E-state index >= 15 is 0 Å². The van der Waals surface area contributed by atoms with E-state index in [4.69, 9.17) is 4.74 Å². The van der Waals surface area contributed by atoms with Gasteiger partial charge in [-0.2, -0.15) is 0 Å². The van der Waals surface area contributed by atoms with Crippen molar-refractivity contribution in [3.63, 3.8) is 0 Å². The second kappa shape index (κ2) is 5.92. The van der Waals surface area contributed by atoms with Gasteiger partial charge in [0.25, 0.3) is 0 Å². The molecule has 1 aromatic rings. The lowest BCUT2D eigenvalue weighted by molar-refractivity contribution is 0.167. The van der Waals surface area contributed by atoms with E-state index in [0.29, 0.717) is 13.0 Å². The molecule has 1 saturated heterocycles. The fourth-order valence-corrected chi connectivity index (χ4v) is 1.78. The molecule has 0 aromatic heterocycles. The minimum Gasteiger partial charge on any atom is -0.446 e. The maximum absolute atomic E-state index is 11.6. The van der Waals surface area contributed by atoms with Crippen LogP contribution in [0.1, 0.15) is 24.4 Å². The van der Waals surface area contributed by atoms with Crippen LogP contribution in [0.2, 0.25) is 0 Å². The first-order valence-corrected chi connectivity index (χ1v) is 5.93. The quantitative estimate of drug-likeness (QED) is 0.462. The van der Waals surface area contributed by atoms with Gasteiger partial charge in [-0.25, -0.2) is 9.69 Å². The van der Waals surface area contributed by atoms with Gasteiger partial charge in [0, 0.05) is 12.5 Å². The zero-order valence-electron chi connectivity index (χ0n) is 10.1. The molecule has 1 amide bonds. The summed E-state index contributed by atoms with van der Waals surface area (Å²) in [5, 5.41) is 0. The summed E-state index contributed by atoms with van der Waals surface area (Å²) >= 11 is 0. The van der Waals surface area contributed by atoms with Gasteiger partial charge in [0.1, 0.15) is 12.6 Å². The summed E-state index contributed by atoms with van der Waals surface area (Å²) in [4.78, 5) is 13.1. The molecule has 0 N–H and O–H groups in total. The predicted molar refractivity (Wildman–Crippen MR) is 69.6 cm³/mol. The SMILES string of the molecule is C=CCCC#CN1C(=O)OC[C@H]1c1ccccc1. The van der Waals surface area contributed by atoms with E-state index in [-0.39, 0.29) is 12.1 Å². The van der Waals surface area contributed by atoms with Crippen molar-refractivity contribution in [2.45, 2.75) is 18.9 Å². The second-order valence-electron chi connectivity index (χ2n) is 3.99. The van der Waals surface area contributed by atoms with Crippen LogP contribution < -0.4 is 0 Å². The zero-order chi connectivity index (χ0) is 12.8. The van der Waals surface area contributed by atoms with Gasteiger partial charge in [0.15, 0.2) is 0 Å². The fraction of sp³-hybridized carbons (Fsp3) is 0.267. The number of carbonyl (C=O) groups excluding carboxylic acids is 1. The summed E-state index contributed by atoms with van der Waals surface area (Å²) in [7, 11) is 0. The van der Waals surface area contributed by atoms with Gasteiger partial charge in [-0.3, -0.25) is 0 Å². The summed E-state index contributed by atoms with van der Waals surface area (Å²) < 4.78 is 5.05. The molecular formula is C15H15NO2. The van der Waals surface area contributed by atoms with Gasteiger partial charge >= 0.3 is 6.09 Å². The van der Waals surface area contributed by atoms with Gasteiger partial charge in [-0.15, -0.1) is 6.58 Å². The van der Waals surface area contributed by atoms with Crippen molar-refractivity contribution in [1.29, 1.82) is 0 Å². The standard InChI is InChI=1S/C15H15NO2/c1-2-3-4-8-11-16-14(12-18-15(16)17)13-9-6-5-7-10-13/h2,5-7,9-10,14H,1,3-4,12H2/t14-/m0/s1. The number of nitrogens with zero attached hydrogens (tertiary/aromatic N) is 1. The molecule has 3 nitrogen and oxygen atoms in total. The van der Waals surface area contributed by atoms with E-state index in [0.717, 1.165) is 12.0 Å². The van der Waals surface area contributed by atoms with E-state index in [2.05, 4.69) is 18.5 Å². The second-order valence-corrected chi connectivity index (χ2v) is 3.99. The van der Waals surface area contributed by atoms with Crippen molar-refractivity contribution >= 4 is 6.09 Å². The van der Waals surface area contributed by atoms with Gasteiger partial charge in [0.05, 0.1) is 0 Å². The number of rotatable bonds is 3. The van der Waals surface area contributed by atoms with Crippen LogP contribution in [0.3, 0.4) is 0 Å². The Morgan fingerprint density at radius 3 is 2.94 bits per heavy atom. The van der Waals surface area contributed by atoms with Crippen LogP contribution in [0.25, 0.3) is 0 Å². The number of cyclic esters (lactones) is 1. The molecule has 0 unspecified atom stereocenters. The van der Waals surface area contributed by atoms with Crippen molar-refractivity contribution in [3.8, 4) is 12.0 Å². The van der Waals surface area contributed by atoms with Crippen molar-refractivity contribution in [2.24, 2.45) is 0 Å². The van der Waals surface area contributed by atoms with Crippen molar-refractivity contribution in [1.82, 2.24) is 4.90 Å². The number of benzene rings is 1. The highest BCUT2D eigenvalue weighted by molar-refractivity contribution is 5.72. The summed E-state index contributed by atoms with van der Waals surface area (Å²) in [6, 6.07) is 12.6. The van der Waals surface area contributed by atoms with Crippen molar-refractivity contribution in [2.75, 3.05) is 6.61 Å². The lowest BCUT2D eigenvalue weighted by atomic mass is 10.1. The van der Waals surface area contributed by atoms with Crippen LogP contribution in [-0.2, 0) is 4.74 Å². The van der Waals surface area contributed by atoms with Crippen LogP contribution in [0, 0.1) is 12.0 Å². The van der Waals surface area contributed by atoms with Crippen molar-refractivity contribution < 1.29 is 9.53 Å². The normalized spacial score (nSPS) is 17.9. The van der Waals surface area contributed by atoms with Gasteiger partial charge in [-0.05, 0) is 12.0 Å². The highest BCUT2D eigenvalue weighted by Crippen LogP contribution is 2.26. The Hall–Kier alpha value is -2.21. The average molecular weight is 241 g/mol. The third kappa shape index (κ3) is 2.72. The van der Waals surface area contributed by atoms with E-state index < -0.39 is 0 Å². The molecule has 1 heterocycles. The lowest BCUT2D eigenvalue weighted by Crippen LogP contribution is -2.22. The maximum atomic E-state index is 11.6. The first kappa shape index (κ1) is 12.3. The average Bonchev–Trinajstić information content (AvgIpc) is 2.77.